The van der Waals surface area contributed by atoms with E-state index in [1.165, 1.54) is 11.3 Å². The maximum absolute atomic E-state index is 12.4. The lowest BCUT2D eigenvalue weighted by atomic mass is 9.96. The standard InChI is InChI=1S/C17H24N6O2S/c1-11-7-12(2)23(21-11)9-15(24)19-8-13-3-5-22(6-4-13)16(25)14-10-26-17(18)20-14/h7,10,13H,3-6,8-9H2,1-2H3,(H2,18,20)(H,19,24). The van der Waals surface area contributed by atoms with Crippen molar-refractivity contribution in [1.82, 2.24) is 25.0 Å². The lowest BCUT2D eigenvalue weighted by Crippen LogP contribution is -2.42. The molecular weight excluding hydrogens is 352 g/mol. The van der Waals surface area contributed by atoms with E-state index in [9.17, 15) is 9.59 Å². The van der Waals surface area contributed by atoms with Crippen LogP contribution in [-0.2, 0) is 11.3 Å². The molecule has 2 aromatic heterocycles. The zero-order valence-corrected chi connectivity index (χ0v) is 15.9. The number of nitrogens with one attached hydrogen (secondary N) is 1. The van der Waals surface area contributed by atoms with E-state index in [0.717, 1.165) is 24.2 Å². The SMILES string of the molecule is Cc1cc(C)n(CC(=O)NCC2CCN(C(=O)c3csc(N)n3)CC2)n1. The average Bonchev–Trinajstić information content (AvgIpc) is 3.18. The van der Waals surface area contributed by atoms with Crippen LogP contribution in [0, 0.1) is 19.8 Å². The van der Waals surface area contributed by atoms with E-state index in [1.807, 2.05) is 24.8 Å². The van der Waals surface area contributed by atoms with E-state index in [1.54, 1.807) is 10.1 Å². The molecule has 2 aromatic rings. The molecule has 1 aliphatic rings. The zero-order chi connectivity index (χ0) is 18.7. The largest absolute Gasteiger partial charge is 0.375 e. The van der Waals surface area contributed by atoms with Crippen LogP contribution in [0.3, 0.4) is 0 Å². The van der Waals surface area contributed by atoms with Gasteiger partial charge in [0.05, 0.1) is 5.69 Å². The highest BCUT2D eigenvalue weighted by atomic mass is 32.1. The minimum absolute atomic E-state index is 0.0346. The topological polar surface area (TPSA) is 106 Å². The Morgan fingerprint density at radius 3 is 2.65 bits per heavy atom. The first-order valence-corrected chi connectivity index (χ1v) is 9.58. The summed E-state index contributed by atoms with van der Waals surface area (Å²) in [6.07, 6.45) is 1.73. The number of nitrogens with zero attached hydrogens (tertiary/aromatic N) is 4. The number of anilines is 1. The van der Waals surface area contributed by atoms with Crippen LogP contribution in [0.2, 0.25) is 0 Å². The number of aromatic nitrogens is 3. The van der Waals surface area contributed by atoms with Crippen molar-refractivity contribution >= 4 is 28.3 Å². The van der Waals surface area contributed by atoms with E-state index in [4.69, 9.17) is 5.73 Å². The molecule has 0 bridgehead atoms. The van der Waals surface area contributed by atoms with Crippen LogP contribution in [0.15, 0.2) is 11.4 Å². The molecule has 2 amide bonds. The highest BCUT2D eigenvalue weighted by Crippen LogP contribution is 2.20. The fourth-order valence-electron chi connectivity index (χ4n) is 3.17. The molecule has 0 atom stereocenters. The van der Waals surface area contributed by atoms with Crippen LogP contribution in [0.4, 0.5) is 5.13 Å². The van der Waals surface area contributed by atoms with Gasteiger partial charge in [-0.25, -0.2) is 4.98 Å². The highest BCUT2D eigenvalue weighted by molar-refractivity contribution is 7.13. The molecule has 3 rings (SSSR count). The number of thiazole rings is 1. The summed E-state index contributed by atoms with van der Waals surface area (Å²) >= 11 is 1.28. The van der Waals surface area contributed by atoms with E-state index < -0.39 is 0 Å². The van der Waals surface area contributed by atoms with E-state index in [-0.39, 0.29) is 18.4 Å². The Morgan fingerprint density at radius 2 is 2.08 bits per heavy atom. The number of carbonyl (C=O) groups is 2. The number of aryl methyl sites for hydroxylation is 2. The summed E-state index contributed by atoms with van der Waals surface area (Å²) in [7, 11) is 0. The van der Waals surface area contributed by atoms with Gasteiger partial charge in [-0.3, -0.25) is 14.3 Å². The predicted octanol–water partition coefficient (Wildman–Crippen LogP) is 1.21. The van der Waals surface area contributed by atoms with Crippen LogP contribution in [0.1, 0.15) is 34.7 Å². The molecule has 0 aliphatic carbocycles. The van der Waals surface area contributed by atoms with Gasteiger partial charge in [0.15, 0.2) is 5.13 Å². The van der Waals surface area contributed by atoms with Gasteiger partial charge in [-0.05, 0) is 38.7 Å². The van der Waals surface area contributed by atoms with Crippen LogP contribution >= 0.6 is 11.3 Å². The summed E-state index contributed by atoms with van der Waals surface area (Å²) in [4.78, 5) is 30.3. The molecule has 0 aromatic carbocycles. The van der Waals surface area contributed by atoms with Crippen molar-refractivity contribution in [2.75, 3.05) is 25.4 Å². The van der Waals surface area contributed by atoms with Crippen molar-refractivity contribution in [3.8, 4) is 0 Å². The first kappa shape index (κ1) is 18.4. The minimum Gasteiger partial charge on any atom is -0.375 e. The van der Waals surface area contributed by atoms with Gasteiger partial charge in [0.25, 0.3) is 5.91 Å². The Morgan fingerprint density at radius 1 is 1.35 bits per heavy atom. The monoisotopic (exact) mass is 376 g/mol. The summed E-state index contributed by atoms with van der Waals surface area (Å²) in [6.45, 7) is 6.07. The third-order valence-electron chi connectivity index (χ3n) is 4.63. The van der Waals surface area contributed by atoms with Crippen LogP contribution in [-0.4, -0.2) is 51.1 Å². The smallest absolute Gasteiger partial charge is 0.273 e. The first-order valence-electron chi connectivity index (χ1n) is 8.70. The van der Waals surface area contributed by atoms with Gasteiger partial charge >= 0.3 is 0 Å². The van der Waals surface area contributed by atoms with Crippen molar-refractivity contribution in [2.24, 2.45) is 5.92 Å². The summed E-state index contributed by atoms with van der Waals surface area (Å²) in [5, 5.41) is 9.40. The van der Waals surface area contributed by atoms with Crippen LogP contribution < -0.4 is 11.1 Å². The summed E-state index contributed by atoms with van der Waals surface area (Å²) < 4.78 is 1.71. The molecular formula is C17H24N6O2S. The fourth-order valence-corrected chi connectivity index (χ4v) is 3.71. The molecule has 3 heterocycles. The minimum atomic E-state index is -0.0648. The van der Waals surface area contributed by atoms with Gasteiger partial charge < -0.3 is 16.0 Å². The van der Waals surface area contributed by atoms with Gasteiger partial charge in [-0.15, -0.1) is 11.3 Å². The third-order valence-corrected chi connectivity index (χ3v) is 5.30. The molecule has 0 unspecified atom stereocenters. The number of hydrogen-bond donors (Lipinski definition) is 2. The molecule has 9 heteroatoms. The Balaban J connectivity index is 1.42. The molecule has 0 radical (unpaired) electrons. The normalized spacial score (nSPS) is 15.2. The second-order valence-corrected chi connectivity index (χ2v) is 7.59. The number of amides is 2. The number of rotatable bonds is 5. The fraction of sp³-hybridized carbons (Fsp3) is 0.529. The highest BCUT2D eigenvalue weighted by Gasteiger charge is 2.25. The van der Waals surface area contributed by atoms with Gasteiger partial charge in [0.1, 0.15) is 12.2 Å². The van der Waals surface area contributed by atoms with Gasteiger partial charge in [-0.1, -0.05) is 0 Å². The van der Waals surface area contributed by atoms with Crippen molar-refractivity contribution in [1.29, 1.82) is 0 Å². The molecule has 1 saturated heterocycles. The van der Waals surface area contributed by atoms with Gasteiger partial charge in [0, 0.05) is 30.7 Å². The zero-order valence-electron chi connectivity index (χ0n) is 15.1. The molecule has 26 heavy (non-hydrogen) atoms. The van der Waals surface area contributed by atoms with Gasteiger partial charge in [-0.2, -0.15) is 5.10 Å². The van der Waals surface area contributed by atoms with Crippen molar-refractivity contribution in [3.05, 3.63) is 28.5 Å². The number of hydrogen-bond acceptors (Lipinski definition) is 6. The molecule has 0 spiro atoms. The molecule has 1 fully saturated rings. The summed E-state index contributed by atoms with van der Waals surface area (Å²) in [5.41, 5.74) is 7.90. The first-order chi connectivity index (χ1) is 12.4. The number of nitrogen functional groups attached to an aromatic ring is 1. The van der Waals surface area contributed by atoms with Crippen LogP contribution in [0.25, 0.3) is 0 Å². The molecule has 0 saturated carbocycles. The second kappa shape index (κ2) is 7.86. The van der Waals surface area contributed by atoms with Crippen molar-refractivity contribution in [3.63, 3.8) is 0 Å². The summed E-state index contributed by atoms with van der Waals surface area (Å²) in [6, 6.07) is 1.95. The average molecular weight is 376 g/mol. The number of piperidine rings is 1. The summed E-state index contributed by atoms with van der Waals surface area (Å²) in [5.74, 6) is 0.279. The molecule has 140 valence electrons. The Hall–Kier alpha value is -2.42. The number of carbonyl (C=O) groups excluding carboxylic acids is 2. The molecule has 3 N–H and O–H groups in total. The van der Waals surface area contributed by atoms with E-state index >= 15 is 0 Å². The Bertz CT molecular complexity index is 791. The Labute approximate surface area is 156 Å². The number of likely N-dealkylation sites (tertiary alicyclic amines) is 1. The second-order valence-electron chi connectivity index (χ2n) is 6.70. The van der Waals surface area contributed by atoms with E-state index in [0.29, 0.717) is 36.4 Å². The number of nitrogens with two attached hydrogens (primary N) is 1. The third kappa shape index (κ3) is 4.40. The lowest BCUT2D eigenvalue weighted by molar-refractivity contribution is -0.122. The molecule has 8 nitrogen and oxygen atoms in total. The van der Waals surface area contributed by atoms with E-state index in [2.05, 4.69) is 15.4 Å². The lowest BCUT2D eigenvalue weighted by Gasteiger charge is -2.31. The van der Waals surface area contributed by atoms with Crippen molar-refractivity contribution < 1.29 is 9.59 Å². The van der Waals surface area contributed by atoms with Crippen molar-refractivity contribution in [2.45, 2.75) is 33.2 Å². The quantitative estimate of drug-likeness (QED) is 0.816. The Kier molecular flexibility index (Phi) is 5.55. The molecule has 1 aliphatic heterocycles. The maximum Gasteiger partial charge on any atom is 0.273 e. The van der Waals surface area contributed by atoms with Crippen LogP contribution in [0.5, 0.6) is 0 Å². The maximum atomic E-state index is 12.4. The van der Waals surface area contributed by atoms with Gasteiger partial charge in [0.2, 0.25) is 5.91 Å². The predicted molar refractivity (Wildman–Crippen MR) is 99.9 cm³/mol.